The largest absolute Gasteiger partial charge is 0.277 e. The van der Waals surface area contributed by atoms with Gasteiger partial charge >= 0.3 is 0 Å². The van der Waals surface area contributed by atoms with Crippen molar-refractivity contribution in [3.63, 3.8) is 0 Å². The molecule has 0 atom stereocenters. The van der Waals surface area contributed by atoms with Crippen LogP contribution in [0.1, 0.15) is 6.85 Å². The second-order valence-electron chi connectivity index (χ2n) is 4.50. The van der Waals surface area contributed by atoms with Crippen molar-refractivity contribution in [2.24, 2.45) is 0 Å². The molecule has 0 unspecified atom stereocenters. The summed E-state index contributed by atoms with van der Waals surface area (Å²) in [7, 11) is 0. The van der Waals surface area contributed by atoms with Crippen LogP contribution < -0.4 is 0 Å². The average Bonchev–Trinajstić information content (AvgIpc) is 2.65. The van der Waals surface area contributed by atoms with Crippen molar-refractivity contribution in [2.75, 3.05) is 0 Å². The highest BCUT2D eigenvalue weighted by Crippen LogP contribution is 2.33. The zero-order chi connectivity index (χ0) is 19.9. The third-order valence-electron chi connectivity index (χ3n) is 3.14. The van der Waals surface area contributed by atoms with Crippen molar-refractivity contribution in [3.8, 4) is 22.3 Å². The molecular weight excluding hydrogens is 298 g/mol. The van der Waals surface area contributed by atoms with E-state index < -0.39 is 23.1 Å². The quantitative estimate of drug-likeness (QED) is 0.467. The molecule has 0 aliphatic rings. The van der Waals surface area contributed by atoms with Gasteiger partial charge in [-0.3, -0.25) is 10.1 Å². The van der Waals surface area contributed by atoms with Gasteiger partial charge in [-0.1, -0.05) is 66.1 Å². The maximum atomic E-state index is 11.2. The van der Waals surface area contributed by atoms with Crippen LogP contribution in [0.5, 0.6) is 0 Å². The van der Waals surface area contributed by atoms with Gasteiger partial charge in [-0.25, -0.2) is 0 Å². The highest BCUT2D eigenvalue weighted by Gasteiger charge is 2.15. The van der Waals surface area contributed by atoms with Crippen LogP contribution in [-0.4, -0.2) is 4.92 Å². The Kier molecular flexibility index (Phi) is 2.56. The fraction of sp³-hybridized carbons (Fsp3) is 0. The molecule has 0 heterocycles. The first-order valence-electron chi connectivity index (χ1n) is 8.84. The first-order valence-corrected chi connectivity index (χ1v) is 6.72. The van der Waals surface area contributed by atoms with Crippen LogP contribution in [0, 0.1) is 10.1 Å². The number of nitro benzene ring substituents is 1. The third-order valence-corrected chi connectivity index (χ3v) is 3.37. The van der Waals surface area contributed by atoms with Crippen LogP contribution in [0.2, 0.25) is 5.02 Å². The molecule has 0 spiro atoms. The summed E-state index contributed by atoms with van der Waals surface area (Å²) in [6.07, 6.45) is 0. The molecule has 0 amide bonds. The van der Waals surface area contributed by atoms with Gasteiger partial charge < -0.3 is 0 Å². The van der Waals surface area contributed by atoms with E-state index in [9.17, 15) is 10.1 Å². The molecule has 0 aliphatic carbocycles. The number of halogens is 1. The smallest absolute Gasteiger partial charge is 0.258 e. The van der Waals surface area contributed by atoms with Crippen molar-refractivity contribution in [2.45, 2.75) is 0 Å². The predicted octanol–water partition coefficient (Wildman–Crippen LogP) is 5.58. The zero-order valence-electron chi connectivity index (χ0n) is 16.2. The predicted molar refractivity (Wildman–Crippen MR) is 89.0 cm³/mol. The van der Waals surface area contributed by atoms with E-state index in [2.05, 4.69) is 0 Å². The summed E-state index contributed by atoms with van der Waals surface area (Å²) >= 11 is 5.96. The molecule has 108 valence electrons. The Hall–Kier alpha value is -2.65. The van der Waals surface area contributed by atoms with Crippen molar-refractivity contribution in [3.05, 3.63) is 87.8 Å². The average molecular weight is 315 g/mol. The Morgan fingerprint density at radius 1 is 0.909 bits per heavy atom. The molecule has 0 N–H and O–H groups in total. The Bertz CT molecular complexity index is 1040. The van der Waals surface area contributed by atoms with E-state index in [1.54, 1.807) is 24.3 Å². The van der Waals surface area contributed by atoms with Crippen LogP contribution in [0.15, 0.2) is 72.7 Å². The molecular formula is C18H12ClNO2. The minimum atomic E-state index is -0.505. The normalized spacial score (nSPS) is 13.6. The van der Waals surface area contributed by atoms with E-state index in [0.29, 0.717) is 21.7 Å². The van der Waals surface area contributed by atoms with E-state index in [4.69, 9.17) is 18.5 Å². The lowest BCUT2D eigenvalue weighted by Gasteiger charge is -2.06. The molecule has 0 saturated carbocycles. The topological polar surface area (TPSA) is 43.1 Å². The molecule has 3 aromatic carbocycles. The summed E-state index contributed by atoms with van der Waals surface area (Å²) in [5.41, 5.74) is 1.25. The van der Waals surface area contributed by atoms with Gasteiger partial charge in [0.25, 0.3) is 5.69 Å². The molecule has 0 saturated heterocycles. The van der Waals surface area contributed by atoms with Crippen LogP contribution >= 0.6 is 11.6 Å². The van der Waals surface area contributed by atoms with Crippen molar-refractivity contribution in [1.82, 2.24) is 0 Å². The summed E-state index contributed by atoms with van der Waals surface area (Å²) < 4.78 is 39.2. The number of benzene rings is 3. The van der Waals surface area contributed by atoms with Gasteiger partial charge in [0, 0.05) is 11.1 Å². The fourth-order valence-corrected chi connectivity index (χ4v) is 2.28. The minimum Gasteiger partial charge on any atom is -0.258 e. The van der Waals surface area contributed by atoms with E-state index in [-0.39, 0.29) is 23.3 Å². The molecule has 3 aromatic rings. The SMILES string of the molecule is [2H]c1c([2H])c([2H])c(-c2ccc(-c3cc(Cl)ccc3[N+](=O)[O-])cc2)c([2H])c1[2H]. The van der Waals surface area contributed by atoms with Gasteiger partial charge in [0.2, 0.25) is 0 Å². The van der Waals surface area contributed by atoms with Gasteiger partial charge in [-0.05, 0) is 28.8 Å². The molecule has 0 fully saturated rings. The second-order valence-corrected chi connectivity index (χ2v) is 4.93. The summed E-state index contributed by atoms with van der Waals surface area (Å²) in [6.45, 7) is 0. The number of hydrogen-bond acceptors (Lipinski definition) is 2. The fourth-order valence-electron chi connectivity index (χ4n) is 2.11. The van der Waals surface area contributed by atoms with Gasteiger partial charge in [0.15, 0.2) is 0 Å². The van der Waals surface area contributed by atoms with E-state index >= 15 is 0 Å². The van der Waals surface area contributed by atoms with Gasteiger partial charge in [-0.2, -0.15) is 0 Å². The summed E-state index contributed by atoms with van der Waals surface area (Å²) in [4.78, 5) is 10.7. The van der Waals surface area contributed by atoms with Crippen molar-refractivity contribution < 1.29 is 11.8 Å². The maximum absolute atomic E-state index is 11.2. The molecule has 4 heteroatoms. The number of nitro groups is 1. The molecule has 3 nitrogen and oxygen atoms in total. The van der Waals surface area contributed by atoms with E-state index in [1.165, 1.54) is 18.2 Å². The Labute approximate surface area is 140 Å². The van der Waals surface area contributed by atoms with Crippen molar-refractivity contribution in [1.29, 1.82) is 0 Å². The molecule has 22 heavy (non-hydrogen) atoms. The monoisotopic (exact) mass is 314 g/mol. The third kappa shape index (κ3) is 2.85. The Balaban J connectivity index is 2.14. The van der Waals surface area contributed by atoms with Crippen LogP contribution in [0.4, 0.5) is 5.69 Å². The highest BCUT2D eigenvalue weighted by atomic mass is 35.5. The summed E-state index contributed by atoms with van der Waals surface area (Å²) in [6, 6.07) is 8.65. The zero-order valence-corrected chi connectivity index (χ0v) is 11.9. The standard InChI is InChI=1S/C18H12ClNO2/c19-16-10-11-18(20(21)22)17(12-16)15-8-6-14(7-9-15)13-4-2-1-3-5-13/h1-12H/i1D,2D,3D,4D,5D. The number of rotatable bonds is 3. The number of hydrogen-bond donors (Lipinski definition) is 0. The molecule has 0 bridgehead atoms. The number of nitrogens with zero attached hydrogens (tertiary/aromatic N) is 1. The summed E-state index contributed by atoms with van der Waals surface area (Å²) in [5.74, 6) is 0. The lowest BCUT2D eigenvalue weighted by molar-refractivity contribution is -0.384. The first-order chi connectivity index (χ1) is 12.7. The van der Waals surface area contributed by atoms with Gasteiger partial charge in [0.1, 0.15) is 0 Å². The van der Waals surface area contributed by atoms with Crippen LogP contribution in [0.3, 0.4) is 0 Å². The van der Waals surface area contributed by atoms with Crippen LogP contribution in [0.25, 0.3) is 22.3 Å². The highest BCUT2D eigenvalue weighted by molar-refractivity contribution is 6.31. The van der Waals surface area contributed by atoms with Crippen LogP contribution in [-0.2, 0) is 0 Å². The van der Waals surface area contributed by atoms with Gasteiger partial charge in [0.05, 0.1) is 17.3 Å². The minimum absolute atomic E-state index is 0.0770. The molecule has 0 radical (unpaired) electrons. The van der Waals surface area contributed by atoms with Crippen molar-refractivity contribution >= 4 is 17.3 Å². The first kappa shape index (κ1) is 9.38. The molecule has 0 aromatic heterocycles. The van der Waals surface area contributed by atoms with E-state index in [0.717, 1.165) is 0 Å². The Morgan fingerprint density at radius 2 is 1.55 bits per heavy atom. The van der Waals surface area contributed by atoms with Gasteiger partial charge in [-0.15, -0.1) is 0 Å². The second kappa shape index (κ2) is 6.00. The molecule has 3 rings (SSSR count). The lowest BCUT2D eigenvalue weighted by Crippen LogP contribution is -1.92. The summed E-state index contributed by atoms with van der Waals surface area (Å²) in [5, 5.41) is 11.6. The Morgan fingerprint density at radius 3 is 2.18 bits per heavy atom. The lowest BCUT2D eigenvalue weighted by atomic mass is 9.99. The van der Waals surface area contributed by atoms with E-state index in [1.807, 2.05) is 0 Å². The maximum Gasteiger partial charge on any atom is 0.277 e. The molecule has 0 aliphatic heterocycles.